The third kappa shape index (κ3) is 7.50. The van der Waals surface area contributed by atoms with Crippen LogP contribution in [0.4, 0.5) is 0 Å². The summed E-state index contributed by atoms with van der Waals surface area (Å²) < 4.78 is 10.8. The lowest BCUT2D eigenvalue weighted by atomic mass is 10.5. The second-order valence-corrected chi connectivity index (χ2v) is 9.50. The molecule has 3 nitrogen and oxygen atoms in total. The van der Waals surface area contributed by atoms with Crippen LogP contribution in [-0.2, 0) is 4.57 Å². The second kappa shape index (κ2) is 7.05. The topological polar surface area (TPSA) is 42.0 Å². The molecule has 1 rings (SSSR count). The molecule has 0 unspecified atom stereocenters. The maximum Gasteiger partial charge on any atom is 0.319 e. The summed E-state index contributed by atoms with van der Waals surface area (Å²) in [6, 6.07) is 5.73. The average Bonchev–Trinajstić information content (AvgIpc) is 2.17. The van der Waals surface area contributed by atoms with E-state index in [-0.39, 0.29) is 0 Å². The molecular weight excluding hydrogens is 294 g/mol. The molecule has 0 saturated carbocycles. The van der Waals surface area contributed by atoms with Gasteiger partial charge in [-0.1, -0.05) is 16.9 Å². The molecule has 0 aliphatic rings. The highest BCUT2D eigenvalue weighted by molar-refractivity contribution is 8.76. The smallest absolute Gasteiger partial charge is 0.271 e. The van der Waals surface area contributed by atoms with Crippen LogP contribution in [0.15, 0.2) is 29.4 Å². The first kappa shape index (κ1) is 13.7. The highest BCUT2D eigenvalue weighted by Crippen LogP contribution is 2.51. The van der Waals surface area contributed by atoms with Crippen molar-refractivity contribution < 1.29 is 4.57 Å². The van der Waals surface area contributed by atoms with Gasteiger partial charge in [0.1, 0.15) is 5.03 Å². The maximum atomic E-state index is 10.8. The molecular formula is C7H9Cl2N2OPS2. The van der Waals surface area contributed by atoms with E-state index in [4.69, 9.17) is 22.5 Å². The third-order valence-electron chi connectivity index (χ3n) is 1.26. The number of halogens is 2. The van der Waals surface area contributed by atoms with Crippen molar-refractivity contribution in [3.63, 3.8) is 0 Å². The van der Waals surface area contributed by atoms with E-state index < -0.39 is 6.00 Å². The summed E-state index contributed by atoms with van der Waals surface area (Å²) in [4.78, 5) is 4.14. The van der Waals surface area contributed by atoms with E-state index in [2.05, 4.69) is 10.1 Å². The van der Waals surface area contributed by atoms with E-state index in [1.807, 2.05) is 18.2 Å². The number of pyridine rings is 1. The molecule has 0 amide bonds. The van der Waals surface area contributed by atoms with Crippen molar-refractivity contribution in [3.05, 3.63) is 24.4 Å². The molecule has 0 saturated heterocycles. The molecule has 84 valence electrons. The first-order valence-electron chi connectivity index (χ1n) is 4.03. The van der Waals surface area contributed by atoms with Crippen LogP contribution in [0.3, 0.4) is 0 Å². The first-order chi connectivity index (χ1) is 7.08. The number of aromatic nitrogens is 1. The number of nitrogens with zero attached hydrogens (tertiary/aromatic N) is 1. The van der Waals surface area contributed by atoms with Crippen molar-refractivity contribution in [1.29, 1.82) is 0 Å². The zero-order valence-electron chi connectivity index (χ0n) is 7.60. The van der Waals surface area contributed by atoms with Crippen molar-refractivity contribution in [1.82, 2.24) is 10.1 Å². The van der Waals surface area contributed by atoms with Crippen molar-refractivity contribution >= 4 is 50.1 Å². The zero-order chi connectivity index (χ0) is 11.1. The minimum absolute atomic E-state index is 0.509. The Morgan fingerprint density at radius 3 is 2.87 bits per heavy atom. The van der Waals surface area contributed by atoms with E-state index in [0.29, 0.717) is 6.54 Å². The minimum atomic E-state index is -3.12. The fourth-order valence-corrected chi connectivity index (χ4v) is 3.53. The molecule has 0 bridgehead atoms. The second-order valence-electron chi connectivity index (χ2n) is 2.44. The lowest BCUT2D eigenvalue weighted by Gasteiger charge is -2.03. The maximum absolute atomic E-state index is 10.8. The lowest BCUT2D eigenvalue weighted by molar-refractivity contribution is 0.586. The summed E-state index contributed by atoms with van der Waals surface area (Å²) >= 11 is 10.6. The average molecular weight is 303 g/mol. The van der Waals surface area contributed by atoms with Gasteiger partial charge in [0.25, 0.3) is 0 Å². The van der Waals surface area contributed by atoms with Crippen LogP contribution < -0.4 is 5.09 Å². The summed E-state index contributed by atoms with van der Waals surface area (Å²) in [5.74, 6) is -2.37. The Hall–Kier alpha value is 0.620. The quantitative estimate of drug-likeness (QED) is 0.489. The predicted molar refractivity (Wildman–Crippen MR) is 69.9 cm³/mol. The van der Waals surface area contributed by atoms with Gasteiger partial charge in [-0.15, -0.1) is 0 Å². The number of nitrogens with one attached hydrogen (secondary N) is 1. The molecule has 0 atom stereocenters. The molecule has 0 aliphatic heterocycles. The van der Waals surface area contributed by atoms with Crippen LogP contribution in [0.25, 0.3) is 0 Å². The van der Waals surface area contributed by atoms with Gasteiger partial charge in [-0.05, 0) is 45.4 Å². The van der Waals surface area contributed by atoms with Gasteiger partial charge >= 0.3 is 6.00 Å². The Labute approximate surface area is 106 Å². The van der Waals surface area contributed by atoms with Gasteiger partial charge < -0.3 is 0 Å². The normalized spacial score (nSPS) is 11.6. The standard InChI is InChI=1S/C7H9Cl2N2OPS2/c8-13(9,12)11-5-6-14-15-7-3-1-2-4-10-7/h1-4H,5-6H2,(H,11,12). The fourth-order valence-electron chi connectivity index (χ4n) is 0.716. The van der Waals surface area contributed by atoms with E-state index in [1.165, 1.54) is 0 Å². The molecule has 15 heavy (non-hydrogen) atoms. The van der Waals surface area contributed by atoms with Gasteiger partial charge in [-0.2, -0.15) is 0 Å². The molecule has 1 aromatic rings. The predicted octanol–water partition coefficient (Wildman–Crippen LogP) is 4.00. The number of rotatable bonds is 6. The molecule has 0 radical (unpaired) electrons. The van der Waals surface area contributed by atoms with Crippen molar-refractivity contribution in [2.24, 2.45) is 0 Å². The van der Waals surface area contributed by atoms with Gasteiger partial charge in [-0.25, -0.2) is 10.1 Å². The summed E-state index contributed by atoms with van der Waals surface area (Å²) in [6.45, 7) is 0.509. The van der Waals surface area contributed by atoms with Crippen molar-refractivity contribution in [3.8, 4) is 0 Å². The zero-order valence-corrected chi connectivity index (χ0v) is 11.6. The molecule has 0 fully saturated rings. The Bertz CT molecular complexity index is 335. The monoisotopic (exact) mass is 302 g/mol. The van der Waals surface area contributed by atoms with Gasteiger partial charge in [0, 0.05) is 18.5 Å². The SMILES string of the molecule is O=P(Cl)(Cl)NCCSSc1ccccn1. The van der Waals surface area contributed by atoms with Crippen LogP contribution in [-0.4, -0.2) is 17.3 Å². The molecule has 1 heterocycles. The van der Waals surface area contributed by atoms with Crippen molar-refractivity contribution in [2.45, 2.75) is 5.03 Å². The van der Waals surface area contributed by atoms with Crippen LogP contribution in [0.5, 0.6) is 0 Å². The molecule has 0 aliphatic carbocycles. The summed E-state index contributed by atoms with van der Waals surface area (Å²) in [5.41, 5.74) is 0. The third-order valence-corrected chi connectivity index (χ3v) is 4.84. The Morgan fingerprint density at radius 2 is 2.27 bits per heavy atom. The first-order valence-corrected chi connectivity index (χ1v) is 9.86. The Morgan fingerprint density at radius 1 is 1.47 bits per heavy atom. The summed E-state index contributed by atoms with van der Waals surface area (Å²) in [6.07, 6.45) is 1.74. The molecule has 8 heteroatoms. The van der Waals surface area contributed by atoms with Gasteiger partial charge in [0.05, 0.1) is 0 Å². The van der Waals surface area contributed by atoms with Gasteiger partial charge in [-0.3, -0.25) is 4.57 Å². The van der Waals surface area contributed by atoms with Crippen LogP contribution in [0, 0.1) is 0 Å². The van der Waals surface area contributed by atoms with E-state index in [9.17, 15) is 4.57 Å². The number of hydrogen-bond acceptors (Lipinski definition) is 4. The lowest BCUT2D eigenvalue weighted by Crippen LogP contribution is -2.07. The van der Waals surface area contributed by atoms with E-state index in [0.717, 1.165) is 10.8 Å². The van der Waals surface area contributed by atoms with Crippen LogP contribution in [0.2, 0.25) is 0 Å². The fraction of sp³-hybridized carbons (Fsp3) is 0.286. The van der Waals surface area contributed by atoms with Gasteiger partial charge in [0.2, 0.25) is 0 Å². The highest BCUT2D eigenvalue weighted by Gasteiger charge is 2.10. The largest absolute Gasteiger partial charge is 0.319 e. The number of hydrogen-bond donors (Lipinski definition) is 1. The van der Waals surface area contributed by atoms with E-state index in [1.54, 1.807) is 27.8 Å². The summed E-state index contributed by atoms with van der Waals surface area (Å²) in [7, 11) is 3.16. The minimum Gasteiger partial charge on any atom is -0.271 e. The van der Waals surface area contributed by atoms with Crippen LogP contribution >= 0.6 is 50.1 Å². The van der Waals surface area contributed by atoms with Crippen LogP contribution in [0.1, 0.15) is 0 Å². The molecule has 1 aromatic heterocycles. The summed E-state index contributed by atoms with van der Waals surface area (Å²) in [5, 5.41) is 3.49. The Balaban J connectivity index is 2.10. The highest BCUT2D eigenvalue weighted by atomic mass is 35.9. The molecule has 0 aromatic carbocycles. The van der Waals surface area contributed by atoms with E-state index >= 15 is 0 Å². The van der Waals surface area contributed by atoms with Crippen molar-refractivity contribution in [2.75, 3.05) is 12.3 Å². The Kier molecular flexibility index (Phi) is 6.43. The molecule has 1 N–H and O–H groups in total. The molecule has 0 spiro atoms. The van der Waals surface area contributed by atoms with Gasteiger partial charge in [0.15, 0.2) is 0 Å².